The van der Waals surface area contributed by atoms with Crippen molar-refractivity contribution in [2.45, 2.75) is 25.2 Å². The van der Waals surface area contributed by atoms with Crippen LogP contribution in [0, 0.1) is 0 Å². The van der Waals surface area contributed by atoms with Crippen molar-refractivity contribution in [3.05, 3.63) is 29.8 Å². The molecule has 0 spiro atoms. The highest BCUT2D eigenvalue weighted by Crippen LogP contribution is 2.46. The Bertz CT molecular complexity index is 408. The van der Waals surface area contributed by atoms with Gasteiger partial charge in [-0.05, 0) is 30.5 Å². The van der Waals surface area contributed by atoms with E-state index in [-0.39, 0.29) is 11.3 Å². The second kappa shape index (κ2) is 3.50. The zero-order chi connectivity index (χ0) is 10.9. The van der Waals surface area contributed by atoms with Gasteiger partial charge < -0.3 is 10.1 Å². The minimum absolute atomic E-state index is 0.0944. The summed E-state index contributed by atoms with van der Waals surface area (Å²) in [7, 11) is 0. The molecule has 15 heavy (non-hydrogen) atoms. The van der Waals surface area contributed by atoms with Gasteiger partial charge in [-0.1, -0.05) is 12.1 Å². The molecule has 0 unspecified atom stereocenters. The topological polar surface area (TPSA) is 46.2 Å². The van der Waals surface area contributed by atoms with E-state index in [1.807, 2.05) is 24.3 Å². The van der Waals surface area contributed by atoms with E-state index in [0.717, 1.165) is 30.4 Å². The SMILES string of the molecule is CC(=O)Nc1cccc(C2(C=O)CC2)c1. The molecule has 0 aliphatic heterocycles. The van der Waals surface area contributed by atoms with Crippen molar-refractivity contribution in [3.63, 3.8) is 0 Å². The molecule has 1 saturated carbocycles. The van der Waals surface area contributed by atoms with Crippen molar-refractivity contribution in [3.8, 4) is 0 Å². The maximum atomic E-state index is 10.9. The van der Waals surface area contributed by atoms with E-state index in [1.165, 1.54) is 6.92 Å². The molecule has 1 aromatic rings. The van der Waals surface area contributed by atoms with Crippen molar-refractivity contribution in [1.29, 1.82) is 0 Å². The van der Waals surface area contributed by atoms with Gasteiger partial charge in [0.2, 0.25) is 5.91 Å². The average molecular weight is 203 g/mol. The summed E-state index contributed by atoms with van der Waals surface area (Å²) >= 11 is 0. The van der Waals surface area contributed by atoms with Crippen LogP contribution in [0.15, 0.2) is 24.3 Å². The summed E-state index contributed by atoms with van der Waals surface area (Å²) in [5, 5.41) is 2.71. The highest BCUT2D eigenvalue weighted by Gasteiger charge is 2.44. The summed E-state index contributed by atoms with van der Waals surface area (Å²) in [5.41, 5.74) is 1.49. The van der Waals surface area contributed by atoms with Crippen LogP contribution in [0.1, 0.15) is 25.3 Å². The Balaban J connectivity index is 2.26. The fourth-order valence-corrected chi connectivity index (χ4v) is 1.72. The van der Waals surface area contributed by atoms with Crippen LogP contribution in [0.3, 0.4) is 0 Å². The highest BCUT2D eigenvalue weighted by atomic mass is 16.1. The average Bonchev–Trinajstić information content (AvgIpc) is 2.97. The van der Waals surface area contributed by atoms with Gasteiger partial charge in [0.25, 0.3) is 0 Å². The molecule has 1 fully saturated rings. The summed E-state index contributed by atoms with van der Waals surface area (Å²) in [4.78, 5) is 21.8. The number of carbonyl (C=O) groups is 2. The Morgan fingerprint density at radius 1 is 1.47 bits per heavy atom. The summed E-state index contributed by atoms with van der Waals surface area (Å²) in [5.74, 6) is -0.0944. The minimum Gasteiger partial charge on any atom is -0.326 e. The van der Waals surface area contributed by atoms with Gasteiger partial charge in [0.15, 0.2) is 0 Å². The number of carbonyl (C=O) groups excluding carboxylic acids is 2. The van der Waals surface area contributed by atoms with E-state index >= 15 is 0 Å². The van der Waals surface area contributed by atoms with E-state index in [1.54, 1.807) is 0 Å². The Morgan fingerprint density at radius 2 is 2.20 bits per heavy atom. The van der Waals surface area contributed by atoms with Gasteiger partial charge in [0, 0.05) is 12.6 Å². The second-order valence-electron chi connectivity index (χ2n) is 4.04. The summed E-state index contributed by atoms with van der Waals surface area (Å²) in [6, 6.07) is 7.51. The molecule has 2 rings (SSSR count). The van der Waals surface area contributed by atoms with Crippen molar-refractivity contribution < 1.29 is 9.59 Å². The Kier molecular flexibility index (Phi) is 2.31. The number of amides is 1. The van der Waals surface area contributed by atoms with Crippen LogP contribution < -0.4 is 5.32 Å². The van der Waals surface area contributed by atoms with Gasteiger partial charge in [-0.15, -0.1) is 0 Å². The van der Waals surface area contributed by atoms with Crippen molar-refractivity contribution in [1.82, 2.24) is 0 Å². The Morgan fingerprint density at radius 3 is 2.73 bits per heavy atom. The molecule has 0 saturated heterocycles. The first-order chi connectivity index (χ1) is 7.16. The molecule has 3 nitrogen and oxygen atoms in total. The summed E-state index contributed by atoms with van der Waals surface area (Å²) in [6.07, 6.45) is 2.85. The van der Waals surface area contributed by atoms with Crippen molar-refractivity contribution in [2.75, 3.05) is 5.32 Å². The third kappa shape index (κ3) is 1.91. The van der Waals surface area contributed by atoms with E-state index in [0.29, 0.717) is 0 Å². The van der Waals surface area contributed by atoms with Gasteiger partial charge >= 0.3 is 0 Å². The normalized spacial score (nSPS) is 16.9. The molecule has 78 valence electrons. The van der Waals surface area contributed by atoms with Crippen LogP contribution in [0.2, 0.25) is 0 Å². The summed E-state index contributed by atoms with van der Waals surface area (Å²) < 4.78 is 0. The highest BCUT2D eigenvalue weighted by molar-refractivity contribution is 5.89. The van der Waals surface area contributed by atoms with Gasteiger partial charge in [-0.3, -0.25) is 4.79 Å². The number of nitrogens with one attached hydrogen (secondary N) is 1. The van der Waals surface area contributed by atoms with Gasteiger partial charge in [0.05, 0.1) is 5.41 Å². The number of hydrogen-bond acceptors (Lipinski definition) is 2. The number of benzene rings is 1. The number of anilines is 1. The first-order valence-electron chi connectivity index (χ1n) is 5.01. The molecule has 0 aromatic heterocycles. The van der Waals surface area contributed by atoms with Gasteiger partial charge in [-0.25, -0.2) is 0 Å². The van der Waals surface area contributed by atoms with Crippen LogP contribution in [0.25, 0.3) is 0 Å². The van der Waals surface area contributed by atoms with E-state index in [9.17, 15) is 9.59 Å². The molecule has 3 heteroatoms. The van der Waals surface area contributed by atoms with Gasteiger partial charge in [-0.2, -0.15) is 0 Å². The fourth-order valence-electron chi connectivity index (χ4n) is 1.72. The Labute approximate surface area is 88.5 Å². The Hall–Kier alpha value is -1.64. The van der Waals surface area contributed by atoms with Gasteiger partial charge in [0.1, 0.15) is 6.29 Å². The number of hydrogen-bond donors (Lipinski definition) is 1. The lowest BCUT2D eigenvalue weighted by Crippen LogP contribution is -2.10. The largest absolute Gasteiger partial charge is 0.326 e. The molecule has 0 radical (unpaired) electrons. The zero-order valence-electron chi connectivity index (χ0n) is 8.62. The van der Waals surface area contributed by atoms with Crippen molar-refractivity contribution in [2.24, 2.45) is 0 Å². The maximum absolute atomic E-state index is 10.9. The standard InChI is InChI=1S/C12H13NO2/c1-9(15)13-11-4-2-3-10(7-11)12(8-14)5-6-12/h2-4,7-8H,5-6H2,1H3,(H,13,15). The predicted molar refractivity (Wildman–Crippen MR) is 57.7 cm³/mol. The number of aldehydes is 1. The molecule has 0 bridgehead atoms. The van der Waals surface area contributed by atoms with E-state index < -0.39 is 0 Å². The van der Waals surface area contributed by atoms with E-state index in [2.05, 4.69) is 5.32 Å². The zero-order valence-corrected chi connectivity index (χ0v) is 8.62. The molecular weight excluding hydrogens is 190 g/mol. The molecule has 1 N–H and O–H groups in total. The van der Waals surface area contributed by atoms with Crippen LogP contribution in [-0.2, 0) is 15.0 Å². The molecule has 1 amide bonds. The maximum Gasteiger partial charge on any atom is 0.221 e. The molecular formula is C12H13NO2. The second-order valence-corrected chi connectivity index (χ2v) is 4.04. The first-order valence-corrected chi connectivity index (χ1v) is 5.01. The monoisotopic (exact) mass is 203 g/mol. The molecule has 1 aliphatic rings. The first kappa shape index (κ1) is 9.90. The fraction of sp³-hybridized carbons (Fsp3) is 0.333. The quantitative estimate of drug-likeness (QED) is 0.762. The van der Waals surface area contributed by atoms with Crippen LogP contribution >= 0.6 is 0 Å². The lowest BCUT2D eigenvalue weighted by atomic mass is 9.97. The molecule has 0 heterocycles. The van der Waals surface area contributed by atoms with Crippen LogP contribution in [0.5, 0.6) is 0 Å². The predicted octanol–water partition coefficient (Wildman–Crippen LogP) is 1.88. The van der Waals surface area contributed by atoms with Crippen LogP contribution in [-0.4, -0.2) is 12.2 Å². The smallest absolute Gasteiger partial charge is 0.221 e. The van der Waals surface area contributed by atoms with Crippen LogP contribution in [0.4, 0.5) is 5.69 Å². The third-order valence-electron chi connectivity index (χ3n) is 2.77. The van der Waals surface area contributed by atoms with E-state index in [4.69, 9.17) is 0 Å². The molecule has 1 aliphatic carbocycles. The van der Waals surface area contributed by atoms with Crippen molar-refractivity contribution >= 4 is 17.9 Å². The number of rotatable bonds is 3. The summed E-state index contributed by atoms with van der Waals surface area (Å²) in [6.45, 7) is 1.47. The minimum atomic E-state index is -0.269. The molecule has 0 atom stereocenters. The lowest BCUT2D eigenvalue weighted by molar-refractivity contribution is -0.114. The molecule has 1 aromatic carbocycles. The third-order valence-corrected chi connectivity index (χ3v) is 2.77. The lowest BCUT2D eigenvalue weighted by Gasteiger charge is -2.09.